The number of hydrogen-bond acceptors (Lipinski definition) is 3. The highest BCUT2D eigenvalue weighted by atomic mass is 79.9. The molecule has 0 radical (unpaired) electrons. The maximum absolute atomic E-state index is 11.2. The molecule has 100 valence electrons. The Morgan fingerprint density at radius 1 is 1.26 bits per heavy atom. The van der Waals surface area contributed by atoms with Crippen molar-refractivity contribution >= 4 is 22.3 Å². The van der Waals surface area contributed by atoms with Crippen LogP contribution in [0, 0.1) is 13.8 Å². The van der Waals surface area contributed by atoms with Crippen LogP contribution in [0.2, 0.25) is 0 Å². The van der Waals surface area contributed by atoms with E-state index in [-0.39, 0.29) is 0 Å². The number of amides is 1. The SMILES string of the molecule is Cc1noc(C)c1CN(C=O)Cc1ccc(Br)cc1. The molecule has 5 heteroatoms. The van der Waals surface area contributed by atoms with Crippen LogP contribution in [-0.4, -0.2) is 16.5 Å². The number of aromatic nitrogens is 1. The van der Waals surface area contributed by atoms with Gasteiger partial charge in [-0.3, -0.25) is 4.79 Å². The summed E-state index contributed by atoms with van der Waals surface area (Å²) < 4.78 is 6.14. The first-order chi connectivity index (χ1) is 9.10. The van der Waals surface area contributed by atoms with Crippen molar-refractivity contribution in [3.63, 3.8) is 0 Å². The molecular weight excluding hydrogens is 308 g/mol. The number of rotatable bonds is 5. The zero-order chi connectivity index (χ0) is 13.8. The fraction of sp³-hybridized carbons (Fsp3) is 0.286. The summed E-state index contributed by atoms with van der Waals surface area (Å²) in [6.45, 7) is 4.83. The van der Waals surface area contributed by atoms with Gasteiger partial charge in [0.15, 0.2) is 0 Å². The van der Waals surface area contributed by atoms with Crippen LogP contribution in [0.3, 0.4) is 0 Å². The van der Waals surface area contributed by atoms with E-state index in [4.69, 9.17) is 4.52 Å². The van der Waals surface area contributed by atoms with Crippen molar-refractivity contribution in [2.24, 2.45) is 0 Å². The molecular formula is C14H15BrN2O2. The van der Waals surface area contributed by atoms with E-state index >= 15 is 0 Å². The standard InChI is InChI=1S/C14H15BrN2O2/c1-10-14(11(2)19-16-10)8-17(9-18)7-12-3-5-13(15)6-4-12/h3-6,9H,7-8H2,1-2H3. The maximum atomic E-state index is 11.2. The molecule has 1 aromatic heterocycles. The Bertz CT molecular complexity index is 544. The number of benzene rings is 1. The Labute approximate surface area is 120 Å². The first-order valence-corrected chi connectivity index (χ1v) is 6.75. The van der Waals surface area contributed by atoms with E-state index < -0.39 is 0 Å². The third-order valence-electron chi connectivity index (χ3n) is 2.99. The summed E-state index contributed by atoms with van der Waals surface area (Å²) in [5, 5.41) is 3.90. The fourth-order valence-corrected chi connectivity index (χ4v) is 2.15. The average molecular weight is 323 g/mol. The van der Waals surface area contributed by atoms with Crippen LogP contribution >= 0.6 is 15.9 Å². The summed E-state index contributed by atoms with van der Waals surface area (Å²) in [6.07, 6.45) is 0.855. The molecule has 1 aromatic carbocycles. The predicted octanol–water partition coefficient (Wildman–Crippen LogP) is 3.21. The highest BCUT2D eigenvalue weighted by Crippen LogP contribution is 2.17. The van der Waals surface area contributed by atoms with Gasteiger partial charge in [0, 0.05) is 16.6 Å². The quantitative estimate of drug-likeness (QED) is 0.794. The lowest BCUT2D eigenvalue weighted by Gasteiger charge is -2.17. The third kappa shape index (κ3) is 3.44. The van der Waals surface area contributed by atoms with E-state index in [0.717, 1.165) is 33.5 Å². The lowest BCUT2D eigenvalue weighted by Crippen LogP contribution is -2.21. The summed E-state index contributed by atoms with van der Waals surface area (Å²) in [5.41, 5.74) is 2.89. The number of halogens is 1. The molecule has 0 atom stereocenters. The van der Waals surface area contributed by atoms with Gasteiger partial charge in [-0.15, -0.1) is 0 Å². The number of hydrogen-bond donors (Lipinski definition) is 0. The highest BCUT2D eigenvalue weighted by molar-refractivity contribution is 9.10. The number of nitrogens with zero attached hydrogens (tertiary/aromatic N) is 2. The monoisotopic (exact) mass is 322 g/mol. The summed E-state index contributed by atoms with van der Waals surface area (Å²) in [6, 6.07) is 7.92. The summed E-state index contributed by atoms with van der Waals surface area (Å²) >= 11 is 3.39. The first kappa shape index (κ1) is 13.8. The maximum Gasteiger partial charge on any atom is 0.210 e. The molecule has 0 N–H and O–H groups in total. The molecule has 0 unspecified atom stereocenters. The van der Waals surface area contributed by atoms with E-state index in [9.17, 15) is 4.79 Å². The minimum atomic E-state index is 0.515. The Hall–Kier alpha value is -1.62. The van der Waals surface area contributed by atoms with E-state index in [0.29, 0.717) is 13.1 Å². The minimum absolute atomic E-state index is 0.515. The van der Waals surface area contributed by atoms with Crippen LogP contribution in [0.1, 0.15) is 22.6 Å². The van der Waals surface area contributed by atoms with Crippen molar-refractivity contribution in [1.29, 1.82) is 0 Å². The van der Waals surface area contributed by atoms with Gasteiger partial charge in [-0.2, -0.15) is 0 Å². The molecule has 19 heavy (non-hydrogen) atoms. The molecule has 2 rings (SSSR count). The Morgan fingerprint density at radius 3 is 2.47 bits per heavy atom. The van der Waals surface area contributed by atoms with Crippen LogP contribution in [0.5, 0.6) is 0 Å². The number of aryl methyl sites for hydroxylation is 2. The molecule has 0 aliphatic carbocycles. The van der Waals surface area contributed by atoms with Gasteiger partial charge in [0.05, 0.1) is 12.2 Å². The van der Waals surface area contributed by atoms with Crippen molar-refractivity contribution in [2.45, 2.75) is 26.9 Å². The van der Waals surface area contributed by atoms with Gasteiger partial charge in [-0.25, -0.2) is 0 Å². The van der Waals surface area contributed by atoms with Gasteiger partial charge in [0.25, 0.3) is 0 Å². The molecule has 0 aliphatic heterocycles. The largest absolute Gasteiger partial charge is 0.361 e. The Balaban J connectivity index is 2.09. The number of carbonyl (C=O) groups is 1. The molecule has 0 aliphatic rings. The zero-order valence-corrected chi connectivity index (χ0v) is 12.5. The van der Waals surface area contributed by atoms with E-state index in [1.165, 1.54) is 0 Å². The molecule has 1 heterocycles. The van der Waals surface area contributed by atoms with Crippen molar-refractivity contribution in [3.8, 4) is 0 Å². The predicted molar refractivity (Wildman–Crippen MR) is 75.4 cm³/mol. The van der Waals surface area contributed by atoms with Gasteiger partial charge in [-0.1, -0.05) is 33.2 Å². The molecule has 0 saturated carbocycles. The van der Waals surface area contributed by atoms with Crippen LogP contribution in [0.4, 0.5) is 0 Å². The zero-order valence-electron chi connectivity index (χ0n) is 10.9. The van der Waals surface area contributed by atoms with Gasteiger partial charge >= 0.3 is 0 Å². The van der Waals surface area contributed by atoms with Crippen molar-refractivity contribution in [1.82, 2.24) is 10.1 Å². The average Bonchev–Trinajstić information content (AvgIpc) is 2.72. The number of carbonyl (C=O) groups excluding carboxylic acids is 1. The molecule has 2 aromatic rings. The Kier molecular flexibility index (Phi) is 4.37. The molecule has 4 nitrogen and oxygen atoms in total. The van der Waals surface area contributed by atoms with Crippen LogP contribution in [0.25, 0.3) is 0 Å². The van der Waals surface area contributed by atoms with E-state index in [1.54, 1.807) is 4.90 Å². The summed E-state index contributed by atoms with van der Waals surface area (Å²) in [4.78, 5) is 12.9. The van der Waals surface area contributed by atoms with Gasteiger partial charge < -0.3 is 9.42 Å². The summed E-state index contributed by atoms with van der Waals surface area (Å²) in [5.74, 6) is 0.764. The van der Waals surface area contributed by atoms with Crippen molar-refractivity contribution < 1.29 is 9.32 Å². The highest BCUT2D eigenvalue weighted by Gasteiger charge is 2.13. The van der Waals surface area contributed by atoms with Gasteiger partial charge in [-0.05, 0) is 31.5 Å². The van der Waals surface area contributed by atoms with Crippen LogP contribution in [-0.2, 0) is 17.9 Å². The second-order valence-corrected chi connectivity index (χ2v) is 5.36. The van der Waals surface area contributed by atoms with Crippen LogP contribution in [0.15, 0.2) is 33.3 Å². The lowest BCUT2D eigenvalue weighted by molar-refractivity contribution is -0.119. The van der Waals surface area contributed by atoms with Crippen molar-refractivity contribution in [3.05, 3.63) is 51.3 Å². The second-order valence-electron chi connectivity index (χ2n) is 4.44. The van der Waals surface area contributed by atoms with Crippen LogP contribution < -0.4 is 0 Å². The summed E-state index contributed by atoms with van der Waals surface area (Å²) in [7, 11) is 0. The molecule has 0 spiro atoms. The topological polar surface area (TPSA) is 46.3 Å². The fourth-order valence-electron chi connectivity index (χ4n) is 1.89. The Morgan fingerprint density at radius 2 is 1.95 bits per heavy atom. The molecule has 1 amide bonds. The normalized spacial score (nSPS) is 10.5. The third-order valence-corrected chi connectivity index (χ3v) is 3.52. The van der Waals surface area contributed by atoms with Gasteiger partial charge in [0.2, 0.25) is 6.41 Å². The van der Waals surface area contributed by atoms with E-state index in [2.05, 4.69) is 21.1 Å². The van der Waals surface area contributed by atoms with Crippen molar-refractivity contribution in [2.75, 3.05) is 0 Å². The molecule has 0 bridgehead atoms. The first-order valence-electron chi connectivity index (χ1n) is 5.95. The van der Waals surface area contributed by atoms with E-state index in [1.807, 2.05) is 38.1 Å². The van der Waals surface area contributed by atoms with Gasteiger partial charge in [0.1, 0.15) is 5.76 Å². The molecule has 0 saturated heterocycles. The second kappa shape index (κ2) is 6.02. The molecule has 0 fully saturated rings. The minimum Gasteiger partial charge on any atom is -0.361 e. The lowest BCUT2D eigenvalue weighted by atomic mass is 10.1. The smallest absolute Gasteiger partial charge is 0.210 e.